The number of cyclic esters (lactones) is 1. The Morgan fingerprint density at radius 1 is 0.918 bits per heavy atom. The summed E-state index contributed by atoms with van der Waals surface area (Å²) in [6, 6.07) is 4.11. The quantitative estimate of drug-likeness (QED) is 0.0762. The Kier molecular flexibility index (Phi) is 19.4. The highest BCUT2D eigenvalue weighted by Gasteiger charge is 2.53. The SMILES string of the molecule is CC[C@H]1OC(=O)[C@H](C)[C@@H](O[C@H]2C[C@@](C)(OC)[C@@H](O)[C@H](C)O2)[C@H](C)[C@@H](O[C@@H]2O[C@H](C)CC[C@H]2O)C(C)(O)C[C@@H](C)C(=NOCCNCCNCc2cccs2)[C@H](C)[C@@H](O)[C@]1(C)O. The number of methoxy groups -OCH3 is 1. The van der Waals surface area contributed by atoms with Crippen LogP contribution in [0.3, 0.4) is 0 Å². The fraction of sp³-hybridized carbons (Fsp3) is 0.864. The summed E-state index contributed by atoms with van der Waals surface area (Å²) in [6.45, 7) is 20.1. The maximum atomic E-state index is 14.3. The van der Waals surface area contributed by atoms with Gasteiger partial charge >= 0.3 is 5.97 Å². The van der Waals surface area contributed by atoms with E-state index in [1.54, 1.807) is 59.8 Å². The molecule has 16 nitrogen and oxygen atoms in total. The minimum absolute atomic E-state index is 0.0174. The van der Waals surface area contributed by atoms with Gasteiger partial charge in [-0.05, 0) is 78.7 Å². The highest BCUT2D eigenvalue weighted by Crippen LogP contribution is 2.41. The molecular weight excluding hydrogens is 811 g/mol. The van der Waals surface area contributed by atoms with Gasteiger partial charge in [-0.2, -0.15) is 0 Å². The van der Waals surface area contributed by atoms with Crippen LogP contribution >= 0.6 is 11.3 Å². The highest BCUT2D eigenvalue weighted by atomic mass is 32.1. The van der Waals surface area contributed by atoms with E-state index in [4.69, 9.17) is 33.3 Å². The fourth-order valence-electron chi connectivity index (χ4n) is 9.16. The van der Waals surface area contributed by atoms with Gasteiger partial charge in [-0.15, -0.1) is 11.3 Å². The van der Waals surface area contributed by atoms with Gasteiger partial charge in [0.1, 0.15) is 30.5 Å². The Hall–Kier alpha value is -1.84. The number of nitrogens with zero attached hydrogens (tertiary/aromatic N) is 1. The second-order valence-corrected chi connectivity index (χ2v) is 19.3. The lowest BCUT2D eigenvalue weighted by Crippen LogP contribution is -2.60. The van der Waals surface area contributed by atoms with Gasteiger partial charge in [0, 0.05) is 62.3 Å². The van der Waals surface area contributed by atoms with E-state index in [-0.39, 0.29) is 32.0 Å². The van der Waals surface area contributed by atoms with Crippen molar-refractivity contribution in [1.29, 1.82) is 0 Å². The molecule has 3 aliphatic heterocycles. The fourth-order valence-corrected chi connectivity index (χ4v) is 9.83. The number of aliphatic hydroxyl groups is 5. The number of carbonyl (C=O) groups excluding carboxylic acids is 1. The number of aliphatic hydroxyl groups excluding tert-OH is 3. The average molecular weight is 888 g/mol. The summed E-state index contributed by atoms with van der Waals surface area (Å²) in [6.07, 6.45) is -8.42. The van der Waals surface area contributed by atoms with Crippen molar-refractivity contribution in [2.75, 3.05) is 33.4 Å². The van der Waals surface area contributed by atoms with Crippen LogP contribution in [0.4, 0.5) is 0 Å². The number of thiophene rings is 1. The predicted molar refractivity (Wildman–Crippen MR) is 231 cm³/mol. The Labute approximate surface area is 367 Å². The van der Waals surface area contributed by atoms with E-state index < -0.39 is 102 Å². The first-order valence-electron chi connectivity index (χ1n) is 22.2. The standard InChI is InChI=1S/C44H77N3O13S/c1-12-33-44(10,53)37(49)27(4)35(47-55-20-19-45-17-18-46-24-31-14-13-21-61-31)25(2)22-42(8,52)39(60-41-32(48)16-15-26(3)56-41)28(5)36(29(6)40(51)58-33)59-34-23-43(9,54-11)38(50)30(7)57-34/h13-14,21,25-30,32-34,36-39,41,45-46,48-50,52-53H,12,15-20,22-24H2,1-11H3/t25-,26-,27+,28+,29-,30+,32-,33-,34+,36+,37-,38+,39-,41+,42?,43-,44-/m1/s1. The van der Waals surface area contributed by atoms with Gasteiger partial charge in [0.2, 0.25) is 0 Å². The van der Waals surface area contributed by atoms with E-state index in [0.717, 1.165) is 13.1 Å². The topological polar surface area (TPSA) is 219 Å². The molecule has 0 amide bonds. The lowest BCUT2D eigenvalue weighted by atomic mass is 9.73. The van der Waals surface area contributed by atoms with Gasteiger partial charge < -0.3 is 69.4 Å². The third kappa shape index (κ3) is 13.4. The van der Waals surface area contributed by atoms with Crippen molar-refractivity contribution in [3.05, 3.63) is 22.4 Å². The van der Waals surface area contributed by atoms with E-state index in [1.807, 2.05) is 19.9 Å². The summed E-state index contributed by atoms with van der Waals surface area (Å²) < 4.78 is 37.5. The summed E-state index contributed by atoms with van der Waals surface area (Å²) in [4.78, 5) is 21.4. The van der Waals surface area contributed by atoms with E-state index >= 15 is 0 Å². The largest absolute Gasteiger partial charge is 0.459 e. The first-order chi connectivity index (χ1) is 28.7. The van der Waals surface area contributed by atoms with Crippen molar-refractivity contribution < 1.29 is 63.6 Å². The number of hydrogen-bond acceptors (Lipinski definition) is 17. The highest BCUT2D eigenvalue weighted by molar-refractivity contribution is 7.09. The van der Waals surface area contributed by atoms with E-state index in [1.165, 1.54) is 18.9 Å². The number of oxime groups is 1. The summed E-state index contributed by atoms with van der Waals surface area (Å²) in [7, 11) is 1.50. The van der Waals surface area contributed by atoms with Gasteiger partial charge in [0.25, 0.3) is 0 Å². The molecule has 1 aromatic rings. The molecule has 7 N–H and O–H groups in total. The maximum absolute atomic E-state index is 14.3. The van der Waals surface area contributed by atoms with E-state index in [9.17, 15) is 30.3 Å². The van der Waals surface area contributed by atoms with E-state index in [0.29, 0.717) is 31.6 Å². The zero-order chi connectivity index (χ0) is 45.3. The molecule has 0 bridgehead atoms. The minimum Gasteiger partial charge on any atom is -0.459 e. The molecule has 0 saturated carbocycles. The average Bonchev–Trinajstić information content (AvgIpc) is 3.73. The molecule has 4 rings (SSSR count). The second kappa shape index (κ2) is 22.9. The van der Waals surface area contributed by atoms with Crippen LogP contribution in [-0.2, 0) is 44.6 Å². The number of rotatable bonds is 15. The maximum Gasteiger partial charge on any atom is 0.311 e. The molecule has 1 aromatic heterocycles. The number of esters is 1. The van der Waals surface area contributed by atoms with Crippen LogP contribution in [0.2, 0.25) is 0 Å². The van der Waals surface area contributed by atoms with Crippen LogP contribution in [0.15, 0.2) is 22.7 Å². The summed E-state index contributed by atoms with van der Waals surface area (Å²) in [5, 5.41) is 72.1. The van der Waals surface area contributed by atoms with Crippen molar-refractivity contribution in [3.8, 4) is 0 Å². The molecule has 0 aromatic carbocycles. The van der Waals surface area contributed by atoms with Gasteiger partial charge in [0.15, 0.2) is 12.6 Å². The molecule has 352 valence electrons. The Morgan fingerprint density at radius 3 is 2.28 bits per heavy atom. The monoisotopic (exact) mass is 888 g/mol. The summed E-state index contributed by atoms with van der Waals surface area (Å²) in [5.74, 6) is -3.95. The van der Waals surface area contributed by atoms with Crippen LogP contribution in [0, 0.1) is 23.7 Å². The third-order valence-corrected chi connectivity index (χ3v) is 13.9. The molecule has 17 heteroatoms. The minimum atomic E-state index is -1.94. The van der Waals surface area contributed by atoms with Gasteiger partial charge in [-0.25, -0.2) is 0 Å². The van der Waals surface area contributed by atoms with Crippen molar-refractivity contribution in [1.82, 2.24) is 10.6 Å². The summed E-state index contributed by atoms with van der Waals surface area (Å²) >= 11 is 1.70. The van der Waals surface area contributed by atoms with Crippen molar-refractivity contribution in [2.24, 2.45) is 28.8 Å². The lowest BCUT2D eigenvalue weighted by Gasteiger charge is -2.48. The van der Waals surface area contributed by atoms with Crippen molar-refractivity contribution in [3.63, 3.8) is 0 Å². The molecule has 3 fully saturated rings. The molecule has 17 atom stereocenters. The second-order valence-electron chi connectivity index (χ2n) is 18.3. The predicted octanol–water partition coefficient (Wildman–Crippen LogP) is 3.49. The zero-order valence-corrected chi connectivity index (χ0v) is 39.1. The van der Waals surface area contributed by atoms with E-state index in [2.05, 4.69) is 27.2 Å². The molecule has 61 heavy (non-hydrogen) atoms. The molecule has 0 radical (unpaired) electrons. The first kappa shape index (κ1) is 51.8. The molecule has 0 aliphatic carbocycles. The molecule has 3 saturated heterocycles. The lowest BCUT2D eigenvalue weighted by molar-refractivity contribution is -0.314. The molecule has 3 aliphatic rings. The first-order valence-corrected chi connectivity index (χ1v) is 23.0. The molecule has 4 heterocycles. The van der Waals surface area contributed by atoms with Gasteiger partial charge in [0.05, 0.1) is 53.4 Å². The Bertz CT molecular complexity index is 1500. The van der Waals surface area contributed by atoms with Crippen LogP contribution in [0.5, 0.6) is 0 Å². The third-order valence-electron chi connectivity index (χ3n) is 13.0. The van der Waals surface area contributed by atoms with Crippen LogP contribution in [0.1, 0.15) is 106 Å². The van der Waals surface area contributed by atoms with Crippen molar-refractivity contribution in [2.45, 2.75) is 186 Å². The number of nitrogens with one attached hydrogen (secondary N) is 2. The number of carbonyl (C=O) groups is 1. The van der Waals surface area contributed by atoms with Crippen LogP contribution in [0.25, 0.3) is 0 Å². The molecule has 0 spiro atoms. The zero-order valence-electron chi connectivity index (χ0n) is 38.2. The molecule has 1 unspecified atom stereocenters. The van der Waals surface area contributed by atoms with Crippen LogP contribution < -0.4 is 10.6 Å². The normalized spacial score (nSPS) is 42.8. The van der Waals surface area contributed by atoms with Crippen molar-refractivity contribution >= 4 is 23.0 Å². The number of ether oxygens (including phenoxy) is 6. The van der Waals surface area contributed by atoms with Gasteiger partial charge in [-0.3, -0.25) is 4.79 Å². The smallest absolute Gasteiger partial charge is 0.311 e. The summed E-state index contributed by atoms with van der Waals surface area (Å²) in [5.41, 5.74) is -4.32. The Balaban J connectivity index is 1.69. The molecular formula is C44H77N3O13S. The van der Waals surface area contributed by atoms with Crippen LogP contribution in [-0.4, -0.2) is 149 Å². The van der Waals surface area contributed by atoms with Gasteiger partial charge in [-0.1, -0.05) is 38.9 Å². The number of hydrogen-bond donors (Lipinski definition) is 7. The Morgan fingerprint density at radius 2 is 1.62 bits per heavy atom.